The Morgan fingerprint density at radius 2 is 1.50 bits per heavy atom. The van der Waals surface area contributed by atoms with E-state index in [0.717, 1.165) is 0 Å². The predicted molar refractivity (Wildman–Crippen MR) is 54.5 cm³/mol. The first kappa shape index (κ1) is 14.9. The van der Waals surface area contributed by atoms with E-state index in [-0.39, 0.29) is 19.6 Å². The molecule has 0 aromatic rings. The van der Waals surface area contributed by atoms with Crippen molar-refractivity contribution in [1.82, 2.24) is 0 Å². The molecule has 0 rings (SSSR count). The highest BCUT2D eigenvalue weighted by atomic mass is 16.6. The maximum atomic E-state index is 11.6. The molecule has 0 aliphatic heterocycles. The van der Waals surface area contributed by atoms with Gasteiger partial charge in [0.2, 0.25) is 0 Å². The van der Waals surface area contributed by atoms with Crippen molar-refractivity contribution in [3.05, 3.63) is 0 Å². The summed E-state index contributed by atoms with van der Waals surface area (Å²) in [7, 11) is 0. The number of carbonyl (C=O) groups is 2. The van der Waals surface area contributed by atoms with Crippen LogP contribution in [0.5, 0.6) is 0 Å². The largest absolute Gasteiger partial charge is 0.465 e. The molecule has 6 heteroatoms. The number of aliphatic hydroxyl groups excluding tert-OH is 2. The van der Waals surface area contributed by atoms with Crippen molar-refractivity contribution in [2.45, 2.75) is 20.3 Å². The van der Waals surface area contributed by atoms with Crippen LogP contribution in [0.15, 0.2) is 0 Å². The molecular weight excluding hydrogens is 216 g/mol. The number of hydrogen-bond donors (Lipinski definition) is 2. The Morgan fingerprint density at radius 3 is 1.75 bits per heavy atom. The highest BCUT2D eigenvalue weighted by Crippen LogP contribution is 2.25. The number of aliphatic hydroxyl groups is 2. The van der Waals surface area contributed by atoms with Gasteiger partial charge in [0, 0.05) is 6.61 Å². The molecule has 0 heterocycles. The van der Waals surface area contributed by atoms with E-state index >= 15 is 0 Å². The topological polar surface area (TPSA) is 93.1 Å². The first-order valence-electron chi connectivity index (χ1n) is 5.15. The van der Waals surface area contributed by atoms with Gasteiger partial charge in [0.05, 0.1) is 19.8 Å². The Kier molecular flexibility index (Phi) is 6.67. The molecule has 0 aliphatic rings. The fraction of sp³-hybridized carbons (Fsp3) is 0.800. The quantitative estimate of drug-likeness (QED) is 0.454. The molecule has 16 heavy (non-hydrogen) atoms. The Hall–Kier alpha value is -1.14. The van der Waals surface area contributed by atoms with Gasteiger partial charge in [-0.05, 0) is 20.3 Å². The van der Waals surface area contributed by atoms with Crippen molar-refractivity contribution >= 4 is 11.9 Å². The van der Waals surface area contributed by atoms with Crippen LogP contribution in [0.4, 0.5) is 0 Å². The molecule has 0 atom stereocenters. The second kappa shape index (κ2) is 7.19. The normalized spacial score (nSPS) is 11.0. The molecule has 0 bridgehead atoms. The third kappa shape index (κ3) is 3.18. The van der Waals surface area contributed by atoms with Gasteiger partial charge in [-0.25, -0.2) is 0 Å². The van der Waals surface area contributed by atoms with Crippen molar-refractivity contribution in [3.8, 4) is 0 Å². The molecule has 2 N–H and O–H groups in total. The summed E-state index contributed by atoms with van der Waals surface area (Å²) in [5.41, 5.74) is -1.80. The molecule has 0 unspecified atom stereocenters. The van der Waals surface area contributed by atoms with Crippen molar-refractivity contribution in [2.75, 3.05) is 26.4 Å². The van der Waals surface area contributed by atoms with Crippen molar-refractivity contribution in [2.24, 2.45) is 5.41 Å². The van der Waals surface area contributed by atoms with Crippen molar-refractivity contribution < 1.29 is 29.3 Å². The van der Waals surface area contributed by atoms with E-state index < -0.39 is 30.6 Å². The number of rotatable bonds is 7. The fourth-order valence-electron chi connectivity index (χ4n) is 1.22. The standard InChI is InChI=1S/C10H18O6/c1-3-15-8(13)10(7-12,5-6-11)9(14)16-4-2/h11-12H,3-7H2,1-2H3. The van der Waals surface area contributed by atoms with Crippen LogP contribution in [-0.4, -0.2) is 48.6 Å². The first-order chi connectivity index (χ1) is 7.58. The summed E-state index contributed by atoms with van der Waals surface area (Å²) in [5, 5.41) is 18.0. The highest BCUT2D eigenvalue weighted by molar-refractivity contribution is 6.00. The van der Waals surface area contributed by atoms with Gasteiger partial charge in [0.1, 0.15) is 0 Å². The number of ether oxygens (including phenoxy) is 2. The van der Waals surface area contributed by atoms with E-state index in [1.54, 1.807) is 13.8 Å². The minimum absolute atomic E-state index is 0.0887. The average Bonchev–Trinajstić information content (AvgIpc) is 2.26. The predicted octanol–water partition coefficient (Wildman–Crippen LogP) is -0.526. The van der Waals surface area contributed by atoms with Crippen LogP contribution in [0.25, 0.3) is 0 Å². The third-order valence-electron chi connectivity index (χ3n) is 2.14. The zero-order valence-corrected chi connectivity index (χ0v) is 9.56. The molecule has 0 aromatic carbocycles. The van der Waals surface area contributed by atoms with Crippen molar-refractivity contribution in [1.29, 1.82) is 0 Å². The minimum Gasteiger partial charge on any atom is -0.465 e. The molecule has 6 nitrogen and oxygen atoms in total. The van der Waals surface area contributed by atoms with Crippen LogP contribution in [0, 0.1) is 5.41 Å². The Bertz CT molecular complexity index is 219. The lowest BCUT2D eigenvalue weighted by atomic mass is 9.85. The van der Waals surface area contributed by atoms with Crippen LogP contribution < -0.4 is 0 Å². The number of esters is 2. The van der Waals surface area contributed by atoms with E-state index in [1.165, 1.54) is 0 Å². The molecular formula is C10H18O6. The van der Waals surface area contributed by atoms with E-state index in [2.05, 4.69) is 0 Å². The van der Waals surface area contributed by atoms with Crippen LogP contribution in [0.2, 0.25) is 0 Å². The van der Waals surface area contributed by atoms with Gasteiger partial charge in [0.25, 0.3) is 0 Å². The van der Waals surface area contributed by atoms with E-state index in [1.807, 2.05) is 0 Å². The zero-order valence-electron chi connectivity index (χ0n) is 9.56. The summed E-state index contributed by atoms with van der Waals surface area (Å²) in [5.74, 6) is -1.74. The van der Waals surface area contributed by atoms with E-state index in [9.17, 15) is 14.7 Å². The summed E-state index contributed by atoms with van der Waals surface area (Å²) < 4.78 is 9.41. The van der Waals surface area contributed by atoms with Gasteiger partial charge in [-0.2, -0.15) is 0 Å². The Balaban J connectivity index is 4.97. The second-order valence-electron chi connectivity index (χ2n) is 3.15. The summed E-state index contributed by atoms with van der Waals surface area (Å²) in [6.07, 6.45) is -0.221. The van der Waals surface area contributed by atoms with E-state index in [4.69, 9.17) is 14.6 Å². The smallest absolute Gasteiger partial charge is 0.325 e. The molecule has 0 radical (unpaired) electrons. The Labute approximate surface area is 94.2 Å². The number of hydrogen-bond acceptors (Lipinski definition) is 6. The summed E-state index contributed by atoms with van der Waals surface area (Å²) in [4.78, 5) is 23.2. The summed E-state index contributed by atoms with van der Waals surface area (Å²) >= 11 is 0. The molecule has 0 saturated heterocycles. The molecule has 0 saturated carbocycles. The summed E-state index contributed by atoms with van der Waals surface area (Å²) in [6.45, 7) is 2.19. The van der Waals surface area contributed by atoms with Gasteiger partial charge >= 0.3 is 11.9 Å². The maximum absolute atomic E-state index is 11.6. The molecule has 0 spiro atoms. The van der Waals surface area contributed by atoms with Gasteiger partial charge in [-0.15, -0.1) is 0 Å². The van der Waals surface area contributed by atoms with Crippen molar-refractivity contribution in [3.63, 3.8) is 0 Å². The summed E-state index contributed by atoms with van der Waals surface area (Å²) in [6, 6.07) is 0. The molecule has 94 valence electrons. The van der Waals surface area contributed by atoms with Crippen LogP contribution in [-0.2, 0) is 19.1 Å². The SMILES string of the molecule is CCOC(=O)C(CO)(CCO)C(=O)OCC. The monoisotopic (exact) mass is 234 g/mol. The van der Waals surface area contributed by atoms with Gasteiger partial charge in [0.15, 0.2) is 5.41 Å². The molecule has 0 amide bonds. The maximum Gasteiger partial charge on any atom is 0.325 e. The van der Waals surface area contributed by atoms with Gasteiger partial charge in [-0.1, -0.05) is 0 Å². The fourth-order valence-corrected chi connectivity index (χ4v) is 1.22. The second-order valence-corrected chi connectivity index (χ2v) is 3.15. The third-order valence-corrected chi connectivity index (χ3v) is 2.14. The van der Waals surface area contributed by atoms with Gasteiger partial charge < -0.3 is 19.7 Å². The zero-order chi connectivity index (χ0) is 12.6. The average molecular weight is 234 g/mol. The Morgan fingerprint density at radius 1 is 1.06 bits per heavy atom. The lowest BCUT2D eigenvalue weighted by Gasteiger charge is -2.26. The minimum atomic E-state index is -1.80. The lowest BCUT2D eigenvalue weighted by molar-refractivity contribution is -0.176. The molecule has 0 aliphatic carbocycles. The van der Waals surface area contributed by atoms with Crippen LogP contribution in [0.1, 0.15) is 20.3 Å². The highest BCUT2D eigenvalue weighted by Gasteiger charge is 2.48. The first-order valence-corrected chi connectivity index (χ1v) is 5.15. The molecule has 0 fully saturated rings. The van der Waals surface area contributed by atoms with E-state index in [0.29, 0.717) is 0 Å². The van der Waals surface area contributed by atoms with Gasteiger partial charge in [-0.3, -0.25) is 9.59 Å². The lowest BCUT2D eigenvalue weighted by Crippen LogP contribution is -2.45. The number of carbonyl (C=O) groups excluding carboxylic acids is 2. The molecule has 0 aromatic heterocycles. The van der Waals surface area contributed by atoms with Crippen LogP contribution in [0.3, 0.4) is 0 Å². The van der Waals surface area contributed by atoms with Crippen LogP contribution >= 0.6 is 0 Å².